The molecule has 188 valence electrons. The number of rotatable bonds is 2. The highest BCUT2D eigenvalue weighted by Crippen LogP contribution is 2.14. The molecule has 33 heavy (non-hydrogen) atoms. The van der Waals surface area contributed by atoms with Gasteiger partial charge >= 0.3 is 5.97 Å². The van der Waals surface area contributed by atoms with Gasteiger partial charge in [-0.15, -0.1) is 0 Å². The van der Waals surface area contributed by atoms with Crippen LogP contribution in [0.5, 0.6) is 0 Å². The zero-order valence-electron chi connectivity index (χ0n) is 16.2. The lowest BCUT2D eigenvalue weighted by atomic mass is 10.2. The van der Waals surface area contributed by atoms with Crippen LogP contribution in [-0.2, 0) is 0 Å². The van der Waals surface area contributed by atoms with Crippen LogP contribution in [0.25, 0.3) is 0 Å². The number of benzene rings is 2. The largest absolute Gasteiger partial charge is 0.478 e. The van der Waals surface area contributed by atoms with Crippen LogP contribution < -0.4 is 5.32 Å². The number of hydrogen-bond donors (Lipinski definition) is 2. The first kappa shape index (κ1) is 36.4. The molecule has 0 bridgehead atoms. The van der Waals surface area contributed by atoms with Gasteiger partial charge in [0, 0.05) is 25.8 Å². The van der Waals surface area contributed by atoms with Crippen LogP contribution >= 0.6 is 45.2 Å². The van der Waals surface area contributed by atoms with Crippen LogP contribution in [0.15, 0.2) is 48.5 Å². The van der Waals surface area contributed by atoms with Gasteiger partial charge in [-0.05, 0) is 132 Å². The molecule has 1 amide bonds. The molecule has 0 atom stereocenters. The molecule has 2 heterocycles. The molecule has 2 aromatic carbocycles. The molecule has 0 radical (unpaired) electrons. The summed E-state index contributed by atoms with van der Waals surface area (Å²) in [5.41, 5.74) is 1.15. The molecule has 7 heteroatoms. The standard InChI is InChI=1S/C11H12INO.C7H5IO2.C4H9N.4CH4/c12-10-5-3-9(4-6-10)11(14)13-7-1-2-8-13;8-6-3-1-5(2-4-6)7(9)10;1-2-4-5-3-1;;;;/h3-6H,1-2,7-8H2;1-4H,(H,9,10);5H,1-4H2;4*1H4. The highest BCUT2D eigenvalue weighted by atomic mass is 127. The van der Waals surface area contributed by atoms with Gasteiger partial charge in [-0.25, -0.2) is 4.79 Å². The quantitative estimate of drug-likeness (QED) is 0.323. The van der Waals surface area contributed by atoms with E-state index in [4.69, 9.17) is 5.11 Å². The Hall–Kier alpha value is -1.20. The number of carboxylic acids is 1. The second-order valence-corrected chi connectivity index (χ2v) is 9.27. The molecule has 2 N–H and O–H groups in total. The van der Waals surface area contributed by atoms with Crippen molar-refractivity contribution in [3.8, 4) is 0 Å². The molecule has 0 spiro atoms. The number of halogens is 2. The van der Waals surface area contributed by atoms with E-state index in [9.17, 15) is 9.59 Å². The maximum Gasteiger partial charge on any atom is 0.335 e. The molecule has 4 rings (SSSR count). The second kappa shape index (κ2) is 20.2. The van der Waals surface area contributed by atoms with Crippen molar-refractivity contribution >= 4 is 57.1 Å². The summed E-state index contributed by atoms with van der Waals surface area (Å²) in [7, 11) is 0. The van der Waals surface area contributed by atoms with Crippen molar-refractivity contribution < 1.29 is 14.7 Å². The predicted molar refractivity (Wildman–Crippen MR) is 159 cm³/mol. The van der Waals surface area contributed by atoms with Crippen molar-refractivity contribution in [2.75, 3.05) is 26.2 Å². The highest BCUT2D eigenvalue weighted by Gasteiger charge is 2.18. The molecule has 2 saturated heterocycles. The summed E-state index contributed by atoms with van der Waals surface area (Å²) in [4.78, 5) is 24.1. The first-order chi connectivity index (χ1) is 14.0. The first-order valence-electron chi connectivity index (χ1n) is 9.72. The number of likely N-dealkylation sites (tertiary alicyclic amines) is 1. The Kier molecular flexibility index (Phi) is 22.3. The van der Waals surface area contributed by atoms with Gasteiger partial charge in [-0.3, -0.25) is 4.79 Å². The average molecular weight is 684 g/mol. The Morgan fingerprint density at radius 1 is 0.697 bits per heavy atom. The third-order valence-corrected chi connectivity index (χ3v) is 5.97. The number of amides is 1. The molecule has 2 aliphatic rings. The van der Waals surface area contributed by atoms with Crippen molar-refractivity contribution in [3.05, 3.63) is 66.8 Å². The zero-order chi connectivity index (χ0) is 21.1. The number of hydrogen-bond acceptors (Lipinski definition) is 3. The van der Waals surface area contributed by atoms with E-state index >= 15 is 0 Å². The van der Waals surface area contributed by atoms with Gasteiger partial charge in [-0.1, -0.05) is 29.7 Å². The minimum absolute atomic E-state index is 0. The molecule has 0 aliphatic carbocycles. The lowest BCUT2D eigenvalue weighted by molar-refractivity contribution is 0.0696. The minimum atomic E-state index is -0.878. The third kappa shape index (κ3) is 13.9. The van der Waals surface area contributed by atoms with Gasteiger partial charge in [0.05, 0.1) is 5.56 Å². The van der Waals surface area contributed by atoms with Crippen molar-refractivity contribution in [3.63, 3.8) is 0 Å². The predicted octanol–water partition coefficient (Wildman–Crippen LogP) is 7.43. The summed E-state index contributed by atoms with van der Waals surface area (Å²) in [6, 6.07) is 14.5. The van der Waals surface area contributed by atoms with E-state index in [0.29, 0.717) is 5.56 Å². The Morgan fingerprint density at radius 2 is 1.09 bits per heavy atom. The number of aromatic carboxylic acids is 1. The molecule has 2 aromatic rings. The molecule has 2 aliphatic heterocycles. The Balaban J connectivity index is -0.000000421. The Morgan fingerprint density at radius 3 is 1.42 bits per heavy atom. The number of nitrogens with zero attached hydrogens (tertiary/aromatic N) is 1. The lowest BCUT2D eigenvalue weighted by Crippen LogP contribution is -2.27. The van der Waals surface area contributed by atoms with Crippen LogP contribution in [0.2, 0.25) is 0 Å². The lowest BCUT2D eigenvalue weighted by Gasteiger charge is -2.14. The number of carbonyl (C=O) groups is 2. The molecule has 5 nitrogen and oxygen atoms in total. The average Bonchev–Trinajstić information content (AvgIpc) is 3.45. The van der Waals surface area contributed by atoms with Gasteiger partial charge in [-0.2, -0.15) is 0 Å². The zero-order valence-corrected chi connectivity index (χ0v) is 20.6. The second-order valence-electron chi connectivity index (χ2n) is 6.78. The van der Waals surface area contributed by atoms with Crippen LogP contribution in [0.4, 0.5) is 0 Å². The minimum Gasteiger partial charge on any atom is -0.478 e. The number of nitrogens with one attached hydrogen (secondary N) is 1. The van der Waals surface area contributed by atoms with Crippen LogP contribution in [0.3, 0.4) is 0 Å². The van der Waals surface area contributed by atoms with E-state index in [2.05, 4.69) is 50.5 Å². The van der Waals surface area contributed by atoms with E-state index in [0.717, 1.165) is 35.1 Å². The fourth-order valence-electron chi connectivity index (χ4n) is 2.91. The van der Waals surface area contributed by atoms with E-state index in [-0.39, 0.29) is 35.6 Å². The van der Waals surface area contributed by atoms with Crippen molar-refractivity contribution in [1.82, 2.24) is 10.2 Å². The van der Waals surface area contributed by atoms with E-state index < -0.39 is 5.97 Å². The van der Waals surface area contributed by atoms with Crippen molar-refractivity contribution in [2.45, 2.75) is 55.4 Å². The molecule has 2 fully saturated rings. The highest BCUT2D eigenvalue weighted by molar-refractivity contribution is 14.1. The summed E-state index contributed by atoms with van der Waals surface area (Å²) < 4.78 is 2.21. The molecule has 0 unspecified atom stereocenters. The fourth-order valence-corrected chi connectivity index (χ4v) is 3.63. The van der Waals surface area contributed by atoms with Gasteiger partial charge in [0.25, 0.3) is 5.91 Å². The monoisotopic (exact) mass is 684 g/mol. The summed E-state index contributed by atoms with van der Waals surface area (Å²) in [6.07, 6.45) is 5.08. The first-order valence-corrected chi connectivity index (χ1v) is 11.9. The van der Waals surface area contributed by atoms with Crippen LogP contribution in [-0.4, -0.2) is 48.1 Å². The summed E-state index contributed by atoms with van der Waals surface area (Å²) >= 11 is 4.37. The van der Waals surface area contributed by atoms with E-state index in [1.807, 2.05) is 29.2 Å². The Bertz CT molecular complexity index is 764. The maximum absolute atomic E-state index is 11.9. The summed E-state index contributed by atoms with van der Waals surface area (Å²) in [5.74, 6) is -0.699. The van der Waals surface area contributed by atoms with E-state index in [1.54, 1.807) is 24.3 Å². The third-order valence-electron chi connectivity index (χ3n) is 4.53. The smallest absolute Gasteiger partial charge is 0.335 e. The van der Waals surface area contributed by atoms with Crippen LogP contribution in [0.1, 0.15) is 76.1 Å². The molecular weight excluding hydrogens is 642 g/mol. The van der Waals surface area contributed by atoms with Crippen molar-refractivity contribution in [1.29, 1.82) is 0 Å². The topological polar surface area (TPSA) is 69.6 Å². The summed E-state index contributed by atoms with van der Waals surface area (Å²) in [6.45, 7) is 4.34. The molecule has 0 saturated carbocycles. The molecule has 0 aromatic heterocycles. The number of carboxylic acid groups (broad SMARTS) is 1. The van der Waals surface area contributed by atoms with Crippen LogP contribution in [0, 0.1) is 7.14 Å². The Labute approximate surface area is 229 Å². The van der Waals surface area contributed by atoms with Gasteiger partial charge in [0.2, 0.25) is 0 Å². The van der Waals surface area contributed by atoms with E-state index in [1.165, 1.54) is 29.5 Å². The fraction of sp³-hybridized carbons (Fsp3) is 0.462. The van der Waals surface area contributed by atoms with Gasteiger partial charge in [0.15, 0.2) is 0 Å². The van der Waals surface area contributed by atoms with Gasteiger partial charge < -0.3 is 15.3 Å². The van der Waals surface area contributed by atoms with Gasteiger partial charge in [0.1, 0.15) is 0 Å². The SMILES string of the molecule is C.C.C.C.C1CCNC1.O=C(O)c1ccc(I)cc1.O=C(c1ccc(I)cc1)N1CCCC1. The summed E-state index contributed by atoms with van der Waals surface area (Å²) in [5, 5.41) is 11.7. The maximum atomic E-state index is 11.9. The normalized spacial score (nSPS) is 13.2. The number of carbonyl (C=O) groups excluding carboxylic acids is 1. The molecular formula is C26H42I2N2O3. The van der Waals surface area contributed by atoms with Crippen molar-refractivity contribution in [2.24, 2.45) is 0 Å².